The third-order valence-electron chi connectivity index (χ3n) is 3.58. The van der Waals surface area contributed by atoms with Crippen LogP contribution in [0, 0.1) is 5.92 Å². The molecule has 1 heterocycles. The zero-order valence-electron chi connectivity index (χ0n) is 11.4. The fourth-order valence-corrected chi connectivity index (χ4v) is 3.24. The largest absolute Gasteiger partial charge is 0.279 e. The van der Waals surface area contributed by atoms with E-state index in [4.69, 9.17) is 0 Å². The van der Waals surface area contributed by atoms with Gasteiger partial charge >= 0.3 is 0 Å². The molecule has 1 aliphatic carbocycles. The van der Waals surface area contributed by atoms with Crippen molar-refractivity contribution in [2.45, 2.75) is 46.0 Å². The molecule has 1 atom stereocenters. The Labute approximate surface area is 117 Å². The third-order valence-corrected chi connectivity index (χ3v) is 4.82. The molecule has 0 saturated heterocycles. The number of aryl methyl sites for hydroxylation is 2. The number of carbonyl (C=O) groups excluding carboxylic acids is 2. The highest BCUT2D eigenvalue weighted by Crippen LogP contribution is 2.29. The van der Waals surface area contributed by atoms with Gasteiger partial charge in [0.1, 0.15) is 0 Å². The second-order valence-electron chi connectivity index (χ2n) is 5.02. The van der Waals surface area contributed by atoms with Gasteiger partial charge in [-0.15, -0.1) is 11.3 Å². The molecule has 1 unspecified atom stereocenters. The van der Waals surface area contributed by atoms with Gasteiger partial charge in [0.05, 0.1) is 4.88 Å². The van der Waals surface area contributed by atoms with Crippen LogP contribution in [0.5, 0.6) is 0 Å². The topological polar surface area (TPSA) is 58.2 Å². The summed E-state index contributed by atoms with van der Waals surface area (Å²) in [5.74, 6) is -0.440. The molecule has 0 radical (unpaired) electrons. The van der Waals surface area contributed by atoms with Gasteiger partial charge in [-0.1, -0.05) is 13.8 Å². The van der Waals surface area contributed by atoms with Gasteiger partial charge in [-0.25, -0.2) is 0 Å². The fraction of sp³-hybridized carbons (Fsp3) is 0.571. The molecule has 2 amide bonds. The first-order valence-electron chi connectivity index (χ1n) is 6.83. The number of nitrogens with one attached hydrogen (secondary N) is 2. The molecule has 2 N–H and O–H groups in total. The number of hydrogen-bond acceptors (Lipinski definition) is 3. The van der Waals surface area contributed by atoms with E-state index in [1.165, 1.54) is 23.3 Å². The van der Waals surface area contributed by atoms with Gasteiger partial charge in [-0.05, 0) is 43.7 Å². The Morgan fingerprint density at radius 3 is 2.74 bits per heavy atom. The standard InChI is InChI=1S/C14H20N2O2S/c1-3-9(2)13(17)15-16-14(18)12-8-10-6-4-5-7-11(10)19-12/h8-9H,3-7H2,1-2H3,(H,15,17)(H,16,18). The van der Waals surface area contributed by atoms with Crippen molar-refractivity contribution < 1.29 is 9.59 Å². The van der Waals surface area contributed by atoms with Gasteiger partial charge in [0.2, 0.25) is 5.91 Å². The minimum absolute atomic E-state index is 0.0863. The Morgan fingerprint density at radius 1 is 1.32 bits per heavy atom. The lowest BCUT2D eigenvalue weighted by molar-refractivity contribution is -0.125. The van der Waals surface area contributed by atoms with Crippen molar-refractivity contribution in [3.05, 3.63) is 21.4 Å². The maximum Gasteiger partial charge on any atom is 0.279 e. The Kier molecular flexibility index (Phi) is 4.58. The summed E-state index contributed by atoms with van der Waals surface area (Å²) in [6.45, 7) is 3.78. The predicted octanol–water partition coefficient (Wildman–Crippen LogP) is 2.43. The SMILES string of the molecule is CCC(C)C(=O)NNC(=O)c1cc2c(s1)CCCC2. The second-order valence-corrected chi connectivity index (χ2v) is 6.16. The van der Waals surface area contributed by atoms with Crippen LogP contribution in [0.15, 0.2) is 6.07 Å². The van der Waals surface area contributed by atoms with Crippen molar-refractivity contribution in [1.82, 2.24) is 10.9 Å². The average molecular weight is 280 g/mol. The molecule has 1 aliphatic rings. The molecule has 19 heavy (non-hydrogen) atoms. The summed E-state index contributed by atoms with van der Waals surface area (Å²) >= 11 is 1.55. The summed E-state index contributed by atoms with van der Waals surface area (Å²) < 4.78 is 0. The van der Waals surface area contributed by atoms with Crippen LogP contribution >= 0.6 is 11.3 Å². The number of carbonyl (C=O) groups is 2. The Hall–Kier alpha value is -1.36. The van der Waals surface area contributed by atoms with E-state index in [9.17, 15) is 9.59 Å². The van der Waals surface area contributed by atoms with Crippen molar-refractivity contribution in [3.8, 4) is 0 Å². The van der Waals surface area contributed by atoms with Crippen LogP contribution < -0.4 is 10.9 Å². The molecule has 1 aromatic heterocycles. The molecule has 0 aromatic carbocycles. The summed E-state index contributed by atoms with van der Waals surface area (Å²) in [6.07, 6.45) is 5.31. The molecular weight excluding hydrogens is 260 g/mol. The lowest BCUT2D eigenvalue weighted by atomic mass is 9.99. The lowest BCUT2D eigenvalue weighted by Crippen LogP contribution is -2.43. The minimum Gasteiger partial charge on any atom is -0.273 e. The van der Waals surface area contributed by atoms with Gasteiger partial charge < -0.3 is 0 Å². The van der Waals surface area contributed by atoms with Crippen LogP contribution in [-0.4, -0.2) is 11.8 Å². The van der Waals surface area contributed by atoms with Gasteiger partial charge in [-0.2, -0.15) is 0 Å². The first-order chi connectivity index (χ1) is 9.11. The number of thiophene rings is 1. The van der Waals surface area contributed by atoms with Crippen LogP contribution in [-0.2, 0) is 17.6 Å². The second kappa shape index (κ2) is 6.19. The van der Waals surface area contributed by atoms with E-state index < -0.39 is 0 Å². The molecule has 0 saturated carbocycles. The van der Waals surface area contributed by atoms with Crippen molar-refractivity contribution in [1.29, 1.82) is 0 Å². The molecule has 4 nitrogen and oxygen atoms in total. The zero-order valence-corrected chi connectivity index (χ0v) is 12.2. The van der Waals surface area contributed by atoms with Gasteiger partial charge in [0.25, 0.3) is 5.91 Å². The van der Waals surface area contributed by atoms with E-state index in [2.05, 4.69) is 10.9 Å². The van der Waals surface area contributed by atoms with Gasteiger partial charge in [-0.3, -0.25) is 20.4 Å². The summed E-state index contributed by atoms with van der Waals surface area (Å²) in [6, 6.07) is 1.96. The van der Waals surface area contributed by atoms with Crippen LogP contribution in [0.1, 0.15) is 53.2 Å². The first kappa shape index (κ1) is 14.1. The maximum atomic E-state index is 12.0. The molecule has 0 fully saturated rings. The third kappa shape index (κ3) is 3.35. The average Bonchev–Trinajstić information content (AvgIpc) is 2.87. The summed E-state index contributed by atoms with van der Waals surface area (Å²) in [4.78, 5) is 25.6. The minimum atomic E-state index is -0.212. The van der Waals surface area contributed by atoms with Crippen LogP contribution in [0.25, 0.3) is 0 Å². The summed E-state index contributed by atoms with van der Waals surface area (Å²) in [5, 5.41) is 0. The normalized spacial score (nSPS) is 15.5. The van der Waals surface area contributed by atoms with Gasteiger partial charge in [0.15, 0.2) is 0 Å². The van der Waals surface area contributed by atoms with Gasteiger partial charge in [0, 0.05) is 10.8 Å². The van der Waals surface area contributed by atoms with Crippen molar-refractivity contribution in [3.63, 3.8) is 0 Å². The quantitative estimate of drug-likeness (QED) is 0.835. The van der Waals surface area contributed by atoms with E-state index in [0.29, 0.717) is 4.88 Å². The molecular formula is C14H20N2O2S. The Bertz CT molecular complexity index is 458. The first-order valence-corrected chi connectivity index (χ1v) is 7.65. The molecule has 0 spiro atoms. The van der Waals surface area contributed by atoms with E-state index in [0.717, 1.165) is 19.3 Å². The Morgan fingerprint density at radius 2 is 2.05 bits per heavy atom. The molecule has 2 rings (SSSR count). The maximum absolute atomic E-state index is 12.0. The summed E-state index contributed by atoms with van der Waals surface area (Å²) in [7, 11) is 0. The smallest absolute Gasteiger partial charge is 0.273 e. The molecule has 0 bridgehead atoms. The molecule has 104 valence electrons. The molecule has 1 aromatic rings. The number of fused-ring (bicyclic) bond motifs is 1. The number of hydrazine groups is 1. The number of amides is 2. The lowest BCUT2D eigenvalue weighted by Gasteiger charge is -2.10. The van der Waals surface area contributed by atoms with Crippen LogP contribution in [0.4, 0.5) is 0 Å². The van der Waals surface area contributed by atoms with Crippen LogP contribution in [0.3, 0.4) is 0 Å². The van der Waals surface area contributed by atoms with Crippen molar-refractivity contribution >= 4 is 23.2 Å². The van der Waals surface area contributed by atoms with Crippen molar-refractivity contribution in [2.75, 3.05) is 0 Å². The van der Waals surface area contributed by atoms with Crippen molar-refractivity contribution in [2.24, 2.45) is 5.92 Å². The van der Waals surface area contributed by atoms with E-state index >= 15 is 0 Å². The highest BCUT2D eigenvalue weighted by Gasteiger charge is 2.18. The highest BCUT2D eigenvalue weighted by atomic mass is 32.1. The van der Waals surface area contributed by atoms with E-state index in [1.807, 2.05) is 19.9 Å². The van der Waals surface area contributed by atoms with Crippen LogP contribution in [0.2, 0.25) is 0 Å². The fourth-order valence-electron chi connectivity index (χ4n) is 2.09. The monoisotopic (exact) mass is 280 g/mol. The number of hydrogen-bond donors (Lipinski definition) is 2. The number of rotatable bonds is 3. The highest BCUT2D eigenvalue weighted by molar-refractivity contribution is 7.14. The molecule has 5 heteroatoms. The van der Waals surface area contributed by atoms with E-state index in [1.54, 1.807) is 11.3 Å². The molecule has 0 aliphatic heterocycles. The Balaban J connectivity index is 1.93. The predicted molar refractivity (Wildman–Crippen MR) is 76.0 cm³/mol. The van der Waals surface area contributed by atoms with E-state index in [-0.39, 0.29) is 17.7 Å². The summed E-state index contributed by atoms with van der Waals surface area (Å²) in [5.41, 5.74) is 6.28. The zero-order chi connectivity index (χ0) is 13.8.